The molecular formula is C15H22N2O2. The van der Waals surface area contributed by atoms with Crippen LogP contribution in [0.4, 0.5) is 0 Å². The highest BCUT2D eigenvalue weighted by Gasteiger charge is 2.33. The Balaban J connectivity index is 1.79. The Morgan fingerprint density at radius 3 is 2.68 bits per heavy atom. The zero-order valence-corrected chi connectivity index (χ0v) is 12.1. The fraction of sp³-hybridized carbons (Fsp3) is 0.600. The van der Waals surface area contributed by atoms with Crippen molar-refractivity contribution in [3.63, 3.8) is 0 Å². The molecular weight excluding hydrogens is 240 g/mol. The normalized spacial score (nSPS) is 16.1. The standard InChI is InChI=1S/C15H22N2O2/c1-11-6-5-7-13(16-11)19-12-9-17(10-12)14(18)8-15(2,3)4/h5-7,12H,8-10H2,1-4H3. The lowest BCUT2D eigenvalue weighted by molar-refractivity contribution is -0.142. The fourth-order valence-corrected chi connectivity index (χ4v) is 2.04. The second kappa shape index (κ2) is 5.19. The zero-order valence-electron chi connectivity index (χ0n) is 12.1. The molecule has 0 radical (unpaired) electrons. The van der Waals surface area contributed by atoms with Gasteiger partial charge in [0.25, 0.3) is 0 Å². The number of hydrogen-bond acceptors (Lipinski definition) is 3. The van der Waals surface area contributed by atoms with Gasteiger partial charge in [0, 0.05) is 18.2 Å². The van der Waals surface area contributed by atoms with Crippen LogP contribution in [-0.4, -0.2) is 35.0 Å². The van der Waals surface area contributed by atoms with E-state index in [4.69, 9.17) is 4.74 Å². The summed E-state index contributed by atoms with van der Waals surface area (Å²) >= 11 is 0. The highest BCUT2D eigenvalue weighted by molar-refractivity contribution is 5.77. The lowest BCUT2D eigenvalue weighted by Crippen LogP contribution is -2.56. The van der Waals surface area contributed by atoms with Crippen LogP contribution in [0.2, 0.25) is 0 Å². The third kappa shape index (κ3) is 3.94. The van der Waals surface area contributed by atoms with Gasteiger partial charge in [0.05, 0.1) is 13.1 Å². The fourth-order valence-electron chi connectivity index (χ4n) is 2.04. The van der Waals surface area contributed by atoms with E-state index >= 15 is 0 Å². The van der Waals surface area contributed by atoms with Gasteiger partial charge in [-0.05, 0) is 18.4 Å². The lowest BCUT2D eigenvalue weighted by Gasteiger charge is -2.39. The Labute approximate surface area is 114 Å². The second-order valence-electron chi connectivity index (χ2n) is 6.39. The van der Waals surface area contributed by atoms with Crippen molar-refractivity contribution in [2.45, 2.75) is 40.2 Å². The molecule has 0 spiro atoms. The minimum Gasteiger partial charge on any atom is -0.471 e. The topological polar surface area (TPSA) is 42.4 Å². The molecule has 104 valence electrons. The maximum absolute atomic E-state index is 11.9. The summed E-state index contributed by atoms with van der Waals surface area (Å²) in [5.41, 5.74) is 0.985. The Kier molecular flexibility index (Phi) is 3.78. The molecule has 0 unspecified atom stereocenters. The van der Waals surface area contributed by atoms with Crippen molar-refractivity contribution >= 4 is 5.91 Å². The number of ether oxygens (including phenoxy) is 1. The molecule has 1 amide bonds. The van der Waals surface area contributed by atoms with Gasteiger partial charge in [-0.1, -0.05) is 26.8 Å². The number of rotatable bonds is 3. The van der Waals surface area contributed by atoms with Gasteiger partial charge in [0.15, 0.2) is 0 Å². The number of aryl methyl sites for hydroxylation is 1. The Morgan fingerprint density at radius 2 is 2.11 bits per heavy atom. The zero-order chi connectivity index (χ0) is 14.0. The number of nitrogens with zero attached hydrogens (tertiary/aromatic N) is 2. The summed E-state index contributed by atoms with van der Waals surface area (Å²) in [6.45, 7) is 9.52. The molecule has 1 aromatic heterocycles. The van der Waals surface area contributed by atoms with Gasteiger partial charge in [-0.25, -0.2) is 4.98 Å². The van der Waals surface area contributed by atoms with Gasteiger partial charge in [0.2, 0.25) is 11.8 Å². The minimum atomic E-state index is 0.0428. The molecule has 2 heterocycles. The van der Waals surface area contributed by atoms with Gasteiger partial charge in [-0.3, -0.25) is 4.79 Å². The van der Waals surface area contributed by atoms with E-state index in [1.165, 1.54) is 0 Å². The molecule has 0 N–H and O–H groups in total. The average Bonchev–Trinajstić information content (AvgIpc) is 2.20. The molecule has 1 aromatic rings. The maximum atomic E-state index is 11.9. The van der Waals surface area contributed by atoms with E-state index in [2.05, 4.69) is 25.8 Å². The van der Waals surface area contributed by atoms with Crippen LogP contribution in [0, 0.1) is 12.3 Å². The Morgan fingerprint density at radius 1 is 1.42 bits per heavy atom. The molecule has 0 saturated carbocycles. The first-order valence-electron chi connectivity index (χ1n) is 6.71. The second-order valence-corrected chi connectivity index (χ2v) is 6.39. The first-order valence-corrected chi connectivity index (χ1v) is 6.71. The minimum absolute atomic E-state index is 0.0428. The molecule has 1 aliphatic rings. The van der Waals surface area contributed by atoms with Gasteiger partial charge in [0.1, 0.15) is 6.10 Å². The van der Waals surface area contributed by atoms with E-state index in [-0.39, 0.29) is 17.4 Å². The van der Waals surface area contributed by atoms with Crippen molar-refractivity contribution in [2.75, 3.05) is 13.1 Å². The van der Waals surface area contributed by atoms with Crippen molar-refractivity contribution in [3.05, 3.63) is 23.9 Å². The lowest BCUT2D eigenvalue weighted by atomic mass is 9.91. The maximum Gasteiger partial charge on any atom is 0.223 e. The summed E-state index contributed by atoms with van der Waals surface area (Å²) in [6.07, 6.45) is 0.667. The van der Waals surface area contributed by atoms with Crippen LogP contribution in [0.3, 0.4) is 0 Å². The summed E-state index contributed by atoms with van der Waals surface area (Å²) in [6, 6.07) is 5.72. The van der Waals surface area contributed by atoms with E-state index in [1.807, 2.05) is 30.0 Å². The van der Waals surface area contributed by atoms with Crippen molar-refractivity contribution in [3.8, 4) is 5.88 Å². The van der Waals surface area contributed by atoms with Gasteiger partial charge < -0.3 is 9.64 Å². The molecule has 2 rings (SSSR count). The monoisotopic (exact) mass is 262 g/mol. The van der Waals surface area contributed by atoms with Crippen molar-refractivity contribution < 1.29 is 9.53 Å². The first-order chi connectivity index (χ1) is 8.83. The predicted octanol–water partition coefficient (Wildman–Crippen LogP) is 2.42. The predicted molar refractivity (Wildman–Crippen MR) is 74.0 cm³/mol. The molecule has 4 nitrogen and oxygen atoms in total. The molecule has 19 heavy (non-hydrogen) atoms. The highest BCUT2D eigenvalue weighted by atomic mass is 16.5. The molecule has 0 atom stereocenters. The molecule has 0 aromatic carbocycles. The summed E-state index contributed by atoms with van der Waals surface area (Å²) < 4.78 is 5.74. The van der Waals surface area contributed by atoms with Gasteiger partial charge in [-0.15, -0.1) is 0 Å². The number of hydrogen-bond donors (Lipinski definition) is 0. The van der Waals surface area contributed by atoms with Crippen LogP contribution < -0.4 is 4.74 Å². The Hall–Kier alpha value is -1.58. The average molecular weight is 262 g/mol. The number of carbonyl (C=O) groups is 1. The van der Waals surface area contributed by atoms with Gasteiger partial charge in [-0.2, -0.15) is 0 Å². The van der Waals surface area contributed by atoms with E-state index in [1.54, 1.807) is 0 Å². The van der Waals surface area contributed by atoms with Crippen LogP contribution in [0.1, 0.15) is 32.9 Å². The van der Waals surface area contributed by atoms with Crippen molar-refractivity contribution in [1.29, 1.82) is 0 Å². The van der Waals surface area contributed by atoms with Crippen LogP contribution in [0.15, 0.2) is 18.2 Å². The molecule has 1 aliphatic heterocycles. The van der Waals surface area contributed by atoms with Crippen LogP contribution in [0.5, 0.6) is 5.88 Å². The van der Waals surface area contributed by atoms with Crippen LogP contribution >= 0.6 is 0 Å². The Bertz CT molecular complexity index is 459. The van der Waals surface area contributed by atoms with Crippen LogP contribution in [0.25, 0.3) is 0 Å². The first kappa shape index (κ1) is 13.8. The highest BCUT2D eigenvalue weighted by Crippen LogP contribution is 2.23. The molecule has 0 bridgehead atoms. The third-order valence-electron chi connectivity index (χ3n) is 3.03. The van der Waals surface area contributed by atoms with E-state index in [0.717, 1.165) is 5.69 Å². The van der Waals surface area contributed by atoms with E-state index in [0.29, 0.717) is 25.4 Å². The SMILES string of the molecule is Cc1cccc(OC2CN(C(=O)CC(C)(C)C)C2)n1. The quantitative estimate of drug-likeness (QED) is 0.840. The summed E-state index contributed by atoms with van der Waals surface area (Å²) in [4.78, 5) is 18.1. The largest absolute Gasteiger partial charge is 0.471 e. The smallest absolute Gasteiger partial charge is 0.223 e. The summed E-state index contributed by atoms with van der Waals surface area (Å²) in [5.74, 6) is 0.859. The van der Waals surface area contributed by atoms with Gasteiger partial charge >= 0.3 is 0 Å². The van der Waals surface area contributed by atoms with E-state index in [9.17, 15) is 4.79 Å². The van der Waals surface area contributed by atoms with E-state index < -0.39 is 0 Å². The number of carbonyl (C=O) groups excluding carboxylic acids is 1. The van der Waals surface area contributed by atoms with Crippen molar-refractivity contribution in [2.24, 2.45) is 5.41 Å². The summed E-state index contributed by atoms with van der Waals surface area (Å²) in [7, 11) is 0. The third-order valence-corrected chi connectivity index (χ3v) is 3.03. The summed E-state index contributed by atoms with van der Waals surface area (Å²) in [5, 5.41) is 0. The molecule has 0 aliphatic carbocycles. The molecule has 1 fully saturated rings. The number of aromatic nitrogens is 1. The molecule has 4 heteroatoms. The number of likely N-dealkylation sites (tertiary alicyclic amines) is 1. The number of amides is 1. The van der Waals surface area contributed by atoms with Crippen molar-refractivity contribution in [1.82, 2.24) is 9.88 Å². The number of pyridine rings is 1. The van der Waals surface area contributed by atoms with Crippen LogP contribution in [-0.2, 0) is 4.79 Å². The molecule has 1 saturated heterocycles.